The van der Waals surface area contributed by atoms with E-state index in [9.17, 15) is 0 Å². The van der Waals surface area contributed by atoms with Gasteiger partial charge in [-0.2, -0.15) is 0 Å². The molecule has 0 amide bonds. The van der Waals surface area contributed by atoms with Crippen LogP contribution in [0.25, 0.3) is 0 Å². The molecule has 0 aliphatic carbocycles. The van der Waals surface area contributed by atoms with Gasteiger partial charge in [0.15, 0.2) is 0 Å². The molecule has 29 heavy (non-hydrogen) atoms. The standard InChI is InChI=1S/C25H25BrNPS/c1-20(2)24-19-29-25(27-24)18-28(26,21-12-6-3-7-13-21,22-14-8-4-9-15-22)23-16-10-5-11-17-23/h3-17,19-20H,18H2,1-2H3. The molecule has 0 spiro atoms. The van der Waals surface area contributed by atoms with Gasteiger partial charge in [-0.3, -0.25) is 0 Å². The van der Waals surface area contributed by atoms with Gasteiger partial charge in [0.25, 0.3) is 0 Å². The Morgan fingerprint density at radius 1 is 0.759 bits per heavy atom. The molecule has 0 aliphatic heterocycles. The second-order valence-corrected chi connectivity index (χ2v) is 17.5. The third kappa shape index (κ3) is 3.61. The molecule has 0 atom stereocenters. The Balaban J connectivity index is 2.03. The number of aromatic nitrogens is 1. The van der Waals surface area contributed by atoms with Crippen molar-refractivity contribution in [3.63, 3.8) is 0 Å². The van der Waals surface area contributed by atoms with Crippen molar-refractivity contribution in [1.29, 1.82) is 0 Å². The summed E-state index contributed by atoms with van der Waals surface area (Å²) in [5.74, 6) is 0.437. The number of thiazole rings is 1. The van der Waals surface area contributed by atoms with E-state index in [2.05, 4.69) is 126 Å². The number of benzene rings is 3. The van der Waals surface area contributed by atoms with E-state index in [0.717, 1.165) is 6.16 Å². The van der Waals surface area contributed by atoms with Gasteiger partial charge in [-0.1, -0.05) is 0 Å². The van der Waals surface area contributed by atoms with Crippen LogP contribution in [0.1, 0.15) is 30.5 Å². The number of hydrogen-bond acceptors (Lipinski definition) is 2. The normalized spacial score (nSPS) is 13.2. The van der Waals surface area contributed by atoms with Crippen LogP contribution in [0, 0.1) is 0 Å². The summed E-state index contributed by atoms with van der Waals surface area (Å²) in [5.41, 5.74) is 1.18. The van der Waals surface area contributed by atoms with E-state index in [0.29, 0.717) is 5.92 Å². The van der Waals surface area contributed by atoms with E-state index in [1.165, 1.54) is 26.6 Å². The zero-order valence-corrected chi connectivity index (χ0v) is 20.0. The van der Waals surface area contributed by atoms with Crippen molar-refractivity contribution in [3.8, 4) is 0 Å². The molecule has 1 heterocycles. The summed E-state index contributed by atoms with van der Waals surface area (Å²) >= 11 is 6.28. The molecule has 3 aromatic carbocycles. The van der Waals surface area contributed by atoms with Gasteiger partial charge in [0.05, 0.1) is 0 Å². The van der Waals surface area contributed by atoms with Gasteiger partial charge < -0.3 is 0 Å². The van der Waals surface area contributed by atoms with Crippen LogP contribution in [0.4, 0.5) is 0 Å². The monoisotopic (exact) mass is 481 g/mol. The molecule has 0 N–H and O–H groups in total. The molecule has 0 aliphatic rings. The zero-order chi connectivity index (χ0) is 20.3. The van der Waals surface area contributed by atoms with Gasteiger partial charge in [0.2, 0.25) is 0 Å². The van der Waals surface area contributed by atoms with Crippen LogP contribution in [0.15, 0.2) is 96.4 Å². The molecule has 4 aromatic rings. The van der Waals surface area contributed by atoms with Crippen molar-refractivity contribution < 1.29 is 0 Å². The van der Waals surface area contributed by atoms with Gasteiger partial charge in [-0.05, 0) is 0 Å². The van der Waals surface area contributed by atoms with Crippen LogP contribution >= 0.6 is 32.1 Å². The number of nitrogens with zero attached hydrogens (tertiary/aromatic N) is 1. The van der Waals surface area contributed by atoms with E-state index in [4.69, 9.17) is 4.98 Å². The van der Waals surface area contributed by atoms with Crippen molar-refractivity contribution in [1.82, 2.24) is 4.98 Å². The van der Waals surface area contributed by atoms with E-state index in [1.807, 2.05) is 0 Å². The average Bonchev–Trinajstić information content (AvgIpc) is 3.24. The van der Waals surface area contributed by atoms with Crippen molar-refractivity contribution in [3.05, 3.63) is 107 Å². The third-order valence-electron chi connectivity index (χ3n) is 5.48. The second kappa shape index (κ2) is 8.14. The van der Waals surface area contributed by atoms with E-state index in [1.54, 1.807) is 11.3 Å². The van der Waals surface area contributed by atoms with Crippen LogP contribution in [-0.2, 0) is 6.16 Å². The Morgan fingerprint density at radius 3 is 1.52 bits per heavy atom. The van der Waals surface area contributed by atoms with Gasteiger partial charge in [0.1, 0.15) is 0 Å². The topological polar surface area (TPSA) is 12.9 Å². The van der Waals surface area contributed by atoms with Crippen molar-refractivity contribution in [2.24, 2.45) is 0 Å². The molecule has 0 fully saturated rings. The third-order valence-corrected chi connectivity index (χ3v) is 16.0. The van der Waals surface area contributed by atoms with Gasteiger partial charge in [-0.15, -0.1) is 0 Å². The molecular formula is C25H25BrNPS. The predicted molar refractivity (Wildman–Crippen MR) is 134 cm³/mol. The fraction of sp³-hybridized carbons (Fsp3) is 0.160. The first-order valence-corrected chi connectivity index (χ1v) is 15.2. The SMILES string of the molecule is CC(C)c1csc(CP(Br)(c2ccccc2)(c2ccccc2)c2ccccc2)n1. The summed E-state index contributed by atoms with van der Waals surface area (Å²) in [4.78, 5) is 5.04. The van der Waals surface area contributed by atoms with Crippen LogP contribution in [0.5, 0.6) is 0 Å². The maximum atomic E-state index is 5.04. The molecule has 0 saturated heterocycles. The first kappa shape index (κ1) is 20.5. The molecule has 0 unspecified atom stereocenters. The van der Waals surface area contributed by atoms with Crippen LogP contribution in [0.2, 0.25) is 0 Å². The fourth-order valence-electron chi connectivity index (χ4n) is 3.85. The first-order chi connectivity index (χ1) is 14.0. The van der Waals surface area contributed by atoms with E-state index >= 15 is 0 Å². The van der Waals surface area contributed by atoms with Crippen LogP contribution in [-0.4, -0.2) is 4.98 Å². The molecule has 4 rings (SSSR count). The molecule has 1 nitrogen and oxygen atoms in total. The van der Waals surface area contributed by atoms with Gasteiger partial charge >= 0.3 is 186 Å². The number of halogens is 1. The fourth-order valence-corrected chi connectivity index (χ4v) is 13.4. The molecule has 0 saturated carbocycles. The zero-order valence-electron chi connectivity index (χ0n) is 16.7. The molecule has 4 heteroatoms. The Kier molecular flexibility index (Phi) is 5.75. The molecule has 0 bridgehead atoms. The van der Waals surface area contributed by atoms with E-state index in [-0.39, 0.29) is 0 Å². The van der Waals surface area contributed by atoms with Crippen LogP contribution in [0.3, 0.4) is 0 Å². The summed E-state index contributed by atoms with van der Waals surface area (Å²) in [7, 11) is 0. The second-order valence-electron chi connectivity index (χ2n) is 7.67. The summed E-state index contributed by atoms with van der Waals surface area (Å²) in [6.07, 6.45) is 0.862. The van der Waals surface area contributed by atoms with Gasteiger partial charge in [-0.25, -0.2) is 0 Å². The van der Waals surface area contributed by atoms with Crippen molar-refractivity contribution >= 4 is 48.0 Å². The summed E-state index contributed by atoms with van der Waals surface area (Å²) in [5, 5.41) is 4.45. The molecular weight excluding hydrogens is 457 g/mol. The number of hydrogen-bond donors (Lipinski definition) is 0. The molecule has 148 valence electrons. The Hall–Kier alpha value is -1.80. The Labute approximate surface area is 185 Å². The first-order valence-electron chi connectivity index (χ1n) is 9.86. The summed E-state index contributed by atoms with van der Waals surface area (Å²) in [6, 6.07) is 32.7. The molecule has 1 aromatic heterocycles. The minimum absolute atomic E-state index is 0.437. The maximum absolute atomic E-state index is 5.04. The summed E-state index contributed by atoms with van der Waals surface area (Å²) in [6.45, 7) is 4.41. The van der Waals surface area contributed by atoms with Crippen molar-refractivity contribution in [2.75, 3.05) is 0 Å². The Bertz CT molecular complexity index is 978. The van der Waals surface area contributed by atoms with E-state index < -0.39 is 5.31 Å². The number of rotatable bonds is 6. The quantitative estimate of drug-likeness (QED) is 0.282. The average molecular weight is 482 g/mol. The van der Waals surface area contributed by atoms with Crippen molar-refractivity contribution in [2.45, 2.75) is 25.9 Å². The minimum atomic E-state index is -2.94. The van der Waals surface area contributed by atoms with Gasteiger partial charge in [0, 0.05) is 0 Å². The van der Waals surface area contributed by atoms with Crippen LogP contribution < -0.4 is 15.9 Å². The molecule has 0 radical (unpaired) electrons. The predicted octanol–water partition coefficient (Wildman–Crippen LogP) is 6.61. The Morgan fingerprint density at radius 2 is 1.17 bits per heavy atom. The summed E-state index contributed by atoms with van der Waals surface area (Å²) < 4.78 is 0.